The largest absolute Gasteiger partial charge is 0.481 e. The summed E-state index contributed by atoms with van der Waals surface area (Å²) in [7, 11) is 0. The van der Waals surface area contributed by atoms with Crippen molar-refractivity contribution in [3.63, 3.8) is 0 Å². The Balaban J connectivity index is 1.54. The highest BCUT2D eigenvalue weighted by molar-refractivity contribution is 5.71. The lowest BCUT2D eigenvalue weighted by Gasteiger charge is -2.06. The number of aromatic nitrogens is 2. The molecule has 0 saturated heterocycles. The van der Waals surface area contributed by atoms with Crippen LogP contribution >= 0.6 is 0 Å². The third-order valence-corrected chi connectivity index (χ3v) is 3.45. The van der Waals surface area contributed by atoms with Gasteiger partial charge in [0.25, 0.3) is 11.8 Å². The van der Waals surface area contributed by atoms with Crippen molar-refractivity contribution < 1.29 is 23.1 Å². The predicted molar refractivity (Wildman–Crippen MR) is 87.9 cm³/mol. The number of nitriles is 1. The molecule has 26 heavy (non-hydrogen) atoms. The molecule has 0 aliphatic rings. The Morgan fingerprint density at radius 3 is 2.77 bits per heavy atom. The van der Waals surface area contributed by atoms with Gasteiger partial charge in [0.1, 0.15) is 23.3 Å². The molecule has 8 nitrogen and oxygen atoms in total. The molecule has 8 heteroatoms. The van der Waals surface area contributed by atoms with E-state index in [-0.39, 0.29) is 19.1 Å². The van der Waals surface area contributed by atoms with Crippen LogP contribution in [0.25, 0.3) is 11.5 Å². The van der Waals surface area contributed by atoms with Gasteiger partial charge in [-0.1, -0.05) is 12.1 Å². The van der Waals surface area contributed by atoms with Crippen molar-refractivity contribution in [1.82, 2.24) is 10.2 Å². The van der Waals surface area contributed by atoms with Crippen LogP contribution in [-0.4, -0.2) is 22.8 Å². The van der Waals surface area contributed by atoms with Gasteiger partial charge in [-0.25, -0.2) is 4.79 Å². The van der Waals surface area contributed by atoms with E-state index < -0.39 is 5.97 Å². The zero-order valence-corrected chi connectivity index (χ0v) is 14.2. The molecule has 0 unspecified atom stereocenters. The maximum Gasteiger partial charge on any atom is 0.344 e. The maximum absolute atomic E-state index is 11.8. The monoisotopic (exact) mass is 353 g/mol. The smallest absolute Gasteiger partial charge is 0.344 e. The summed E-state index contributed by atoms with van der Waals surface area (Å²) in [5.74, 6) is 1.55. The minimum atomic E-state index is -0.618. The van der Waals surface area contributed by atoms with Crippen LogP contribution < -0.4 is 4.74 Å². The highest BCUT2D eigenvalue weighted by Crippen LogP contribution is 2.25. The topological polar surface area (TPSA) is 111 Å². The molecule has 0 fully saturated rings. The Morgan fingerprint density at radius 2 is 2.04 bits per heavy atom. The molecular weight excluding hydrogens is 338 g/mol. The molecule has 0 N–H and O–H groups in total. The van der Waals surface area contributed by atoms with E-state index in [2.05, 4.69) is 10.2 Å². The highest BCUT2D eigenvalue weighted by Gasteiger charge is 2.16. The van der Waals surface area contributed by atoms with Gasteiger partial charge in [-0.3, -0.25) is 0 Å². The average molecular weight is 353 g/mol. The number of hydrogen-bond acceptors (Lipinski definition) is 8. The van der Waals surface area contributed by atoms with Gasteiger partial charge in [-0.2, -0.15) is 5.26 Å². The summed E-state index contributed by atoms with van der Waals surface area (Å²) < 4.78 is 21.2. The lowest BCUT2D eigenvalue weighted by Crippen LogP contribution is -2.15. The van der Waals surface area contributed by atoms with Gasteiger partial charge in [0.2, 0.25) is 0 Å². The lowest BCUT2D eigenvalue weighted by atomic mass is 10.2. The third kappa shape index (κ3) is 3.89. The molecule has 1 aromatic carbocycles. The maximum atomic E-state index is 11.8. The summed E-state index contributed by atoms with van der Waals surface area (Å²) in [6.07, 6.45) is 0. The zero-order chi connectivity index (χ0) is 18.5. The molecule has 0 spiro atoms. The summed E-state index contributed by atoms with van der Waals surface area (Å²) >= 11 is 0. The van der Waals surface area contributed by atoms with Crippen LogP contribution in [-0.2, 0) is 16.1 Å². The van der Waals surface area contributed by atoms with Crippen molar-refractivity contribution in [2.24, 2.45) is 0 Å². The molecule has 0 bridgehead atoms. The van der Waals surface area contributed by atoms with Crippen LogP contribution in [0, 0.1) is 25.2 Å². The van der Waals surface area contributed by atoms with E-state index in [9.17, 15) is 4.79 Å². The zero-order valence-electron chi connectivity index (χ0n) is 14.2. The Hall–Kier alpha value is -3.60. The fraction of sp³-hybridized carbons (Fsp3) is 0.222. The van der Waals surface area contributed by atoms with Gasteiger partial charge >= 0.3 is 5.97 Å². The number of esters is 1. The standard InChI is InChI=1S/C18H15N3O5/c1-11-7-14(12(2)25-11)18-21-20-16(26-18)9-24-17(22)10-23-15-6-4-3-5-13(15)8-19/h3-7H,9-10H2,1-2H3. The van der Waals surface area contributed by atoms with Gasteiger partial charge in [-0.15, -0.1) is 10.2 Å². The molecule has 3 aromatic rings. The minimum Gasteiger partial charge on any atom is -0.481 e. The van der Waals surface area contributed by atoms with Crippen molar-refractivity contribution in [3.05, 3.63) is 53.3 Å². The number of rotatable bonds is 6. The summed E-state index contributed by atoms with van der Waals surface area (Å²) in [5, 5.41) is 16.7. The van der Waals surface area contributed by atoms with Crippen LogP contribution in [0.3, 0.4) is 0 Å². The molecule has 0 amide bonds. The molecule has 2 aromatic heterocycles. The van der Waals surface area contributed by atoms with Gasteiger partial charge in [0.15, 0.2) is 13.2 Å². The SMILES string of the molecule is Cc1cc(-c2nnc(COC(=O)COc3ccccc3C#N)o2)c(C)o1. The fourth-order valence-electron chi connectivity index (χ4n) is 2.27. The summed E-state index contributed by atoms with van der Waals surface area (Å²) in [4.78, 5) is 11.8. The van der Waals surface area contributed by atoms with Crippen molar-refractivity contribution in [1.29, 1.82) is 5.26 Å². The van der Waals surface area contributed by atoms with Crippen LogP contribution in [0.2, 0.25) is 0 Å². The number of carbonyl (C=O) groups is 1. The van der Waals surface area contributed by atoms with E-state index >= 15 is 0 Å². The van der Waals surface area contributed by atoms with E-state index in [0.29, 0.717) is 28.5 Å². The van der Waals surface area contributed by atoms with Crippen molar-refractivity contribution in [2.75, 3.05) is 6.61 Å². The Labute approximate surface area is 149 Å². The normalized spacial score (nSPS) is 10.3. The average Bonchev–Trinajstić information content (AvgIpc) is 3.24. The second-order valence-corrected chi connectivity index (χ2v) is 5.39. The summed E-state index contributed by atoms with van der Waals surface area (Å²) in [6, 6.07) is 10.4. The first-order chi connectivity index (χ1) is 12.6. The molecule has 3 rings (SSSR count). The molecule has 0 aliphatic heterocycles. The first kappa shape index (κ1) is 17.2. The Bertz CT molecular complexity index is 967. The van der Waals surface area contributed by atoms with Crippen molar-refractivity contribution in [3.8, 4) is 23.3 Å². The molecule has 0 radical (unpaired) electrons. The van der Waals surface area contributed by atoms with E-state index in [0.717, 1.165) is 5.76 Å². The van der Waals surface area contributed by atoms with E-state index in [4.69, 9.17) is 23.6 Å². The molecule has 0 saturated carbocycles. The van der Waals surface area contributed by atoms with Gasteiger partial charge < -0.3 is 18.3 Å². The predicted octanol–water partition coefficient (Wildman–Crippen LogP) is 2.94. The molecule has 0 atom stereocenters. The number of furan rings is 1. The second-order valence-electron chi connectivity index (χ2n) is 5.39. The lowest BCUT2D eigenvalue weighted by molar-refractivity contribution is -0.148. The van der Waals surface area contributed by atoms with E-state index in [1.54, 1.807) is 37.3 Å². The molecule has 132 valence electrons. The minimum absolute atomic E-state index is 0.157. The quantitative estimate of drug-likeness (QED) is 0.622. The van der Waals surface area contributed by atoms with Gasteiger partial charge in [0, 0.05) is 0 Å². The summed E-state index contributed by atoms with van der Waals surface area (Å²) in [5.41, 5.74) is 1.04. The first-order valence-corrected chi connectivity index (χ1v) is 7.74. The number of benzene rings is 1. The number of para-hydroxylation sites is 1. The number of hydrogen-bond donors (Lipinski definition) is 0. The summed E-state index contributed by atoms with van der Waals surface area (Å²) in [6.45, 7) is 3.10. The van der Waals surface area contributed by atoms with Crippen LogP contribution in [0.5, 0.6) is 5.75 Å². The molecule has 0 aliphatic carbocycles. The first-order valence-electron chi connectivity index (χ1n) is 7.74. The van der Waals surface area contributed by atoms with Crippen molar-refractivity contribution in [2.45, 2.75) is 20.5 Å². The third-order valence-electron chi connectivity index (χ3n) is 3.45. The second kappa shape index (κ2) is 7.53. The number of carbonyl (C=O) groups excluding carboxylic acids is 1. The molecular formula is C18H15N3O5. The van der Waals surface area contributed by atoms with Crippen molar-refractivity contribution >= 4 is 5.97 Å². The number of ether oxygens (including phenoxy) is 2. The van der Waals surface area contributed by atoms with Gasteiger partial charge in [-0.05, 0) is 32.0 Å². The van der Waals surface area contributed by atoms with Crippen LogP contribution in [0.1, 0.15) is 23.0 Å². The fourth-order valence-corrected chi connectivity index (χ4v) is 2.27. The Kier molecular flexibility index (Phi) is 4.99. The highest BCUT2D eigenvalue weighted by atomic mass is 16.6. The molecule has 2 heterocycles. The number of aryl methyl sites for hydroxylation is 2. The van der Waals surface area contributed by atoms with E-state index in [1.807, 2.05) is 13.0 Å². The Morgan fingerprint density at radius 1 is 1.23 bits per heavy atom. The van der Waals surface area contributed by atoms with Crippen LogP contribution in [0.4, 0.5) is 0 Å². The van der Waals surface area contributed by atoms with Crippen LogP contribution in [0.15, 0.2) is 39.2 Å². The van der Waals surface area contributed by atoms with E-state index in [1.165, 1.54) is 0 Å². The number of nitrogens with zero attached hydrogens (tertiary/aromatic N) is 3. The van der Waals surface area contributed by atoms with Gasteiger partial charge in [0.05, 0.1) is 11.1 Å².